The minimum atomic E-state index is 0.274. The molecule has 3 heteroatoms. The minimum absolute atomic E-state index is 0.274. The van der Waals surface area contributed by atoms with E-state index < -0.39 is 0 Å². The number of allylic oxidation sites excluding steroid dienone is 4. The fraction of sp³-hybridized carbons (Fsp3) is 0.231. The van der Waals surface area contributed by atoms with Gasteiger partial charge in [-0.15, -0.1) is 0 Å². The van der Waals surface area contributed by atoms with Crippen molar-refractivity contribution in [2.45, 2.75) is 19.9 Å². The van der Waals surface area contributed by atoms with Crippen molar-refractivity contribution in [3.05, 3.63) is 53.6 Å². The molecule has 0 aromatic carbocycles. The Morgan fingerprint density at radius 1 is 1.44 bits per heavy atom. The van der Waals surface area contributed by atoms with Crippen molar-refractivity contribution in [3.8, 4) is 0 Å². The maximum atomic E-state index is 9.69. The molecule has 1 aromatic rings. The van der Waals surface area contributed by atoms with Gasteiger partial charge in [-0.1, -0.05) is 17.7 Å². The number of hydrogen-bond acceptors (Lipinski definition) is 3. The molecule has 0 atom stereocenters. The Hall–Kier alpha value is -1.90. The van der Waals surface area contributed by atoms with Gasteiger partial charge in [-0.2, -0.15) is 0 Å². The summed E-state index contributed by atoms with van der Waals surface area (Å²) in [6.45, 7) is 2.48. The van der Waals surface area contributed by atoms with Crippen LogP contribution in [-0.4, -0.2) is 15.8 Å². The highest BCUT2D eigenvalue weighted by atomic mass is 16.3. The summed E-state index contributed by atoms with van der Waals surface area (Å²) in [4.78, 5) is 8.54. The van der Waals surface area contributed by atoms with Crippen LogP contribution >= 0.6 is 0 Å². The average molecular weight is 214 g/mol. The zero-order chi connectivity index (χ0) is 11.4. The van der Waals surface area contributed by atoms with Crippen LogP contribution in [0.15, 0.2) is 52.9 Å². The summed E-state index contributed by atoms with van der Waals surface area (Å²) in [5.41, 5.74) is 2.72. The molecule has 1 heterocycles. The predicted octanol–water partition coefficient (Wildman–Crippen LogP) is 2.81. The topological polar surface area (TPSA) is 45.5 Å². The molecule has 0 fully saturated rings. The van der Waals surface area contributed by atoms with Gasteiger partial charge in [0.2, 0.25) is 0 Å². The molecule has 0 unspecified atom stereocenters. The molecule has 1 aliphatic rings. The third kappa shape index (κ3) is 2.57. The van der Waals surface area contributed by atoms with Crippen molar-refractivity contribution in [3.63, 3.8) is 0 Å². The molecular weight excluding hydrogens is 200 g/mol. The smallest absolute Gasteiger partial charge is 0.137 e. The van der Waals surface area contributed by atoms with Crippen molar-refractivity contribution >= 4 is 5.71 Å². The van der Waals surface area contributed by atoms with Crippen molar-refractivity contribution < 1.29 is 5.11 Å². The molecule has 0 spiro atoms. The Labute approximate surface area is 94.9 Å². The van der Waals surface area contributed by atoms with Gasteiger partial charge in [0, 0.05) is 12.6 Å². The Morgan fingerprint density at radius 2 is 2.31 bits per heavy atom. The first-order chi connectivity index (χ1) is 7.75. The SMILES string of the molecule is CC1=CCC(=NCc2ccccn2)C(O)=C1. The van der Waals surface area contributed by atoms with Crippen LogP contribution in [0, 0.1) is 0 Å². The van der Waals surface area contributed by atoms with Crippen molar-refractivity contribution in [1.82, 2.24) is 4.98 Å². The fourth-order valence-corrected chi connectivity index (χ4v) is 1.53. The second-order valence-corrected chi connectivity index (χ2v) is 3.77. The van der Waals surface area contributed by atoms with E-state index in [2.05, 4.69) is 16.1 Å². The van der Waals surface area contributed by atoms with Crippen LogP contribution in [0.5, 0.6) is 0 Å². The van der Waals surface area contributed by atoms with Crippen molar-refractivity contribution in [2.75, 3.05) is 0 Å². The molecule has 1 aliphatic carbocycles. The third-order valence-corrected chi connectivity index (χ3v) is 2.44. The van der Waals surface area contributed by atoms with E-state index in [9.17, 15) is 5.11 Å². The van der Waals surface area contributed by atoms with Gasteiger partial charge in [0.1, 0.15) is 5.76 Å². The number of nitrogens with zero attached hydrogens (tertiary/aromatic N) is 2. The van der Waals surface area contributed by atoms with Crippen molar-refractivity contribution in [1.29, 1.82) is 0 Å². The van der Waals surface area contributed by atoms with Crippen LogP contribution in [0.1, 0.15) is 19.0 Å². The van der Waals surface area contributed by atoms with E-state index in [4.69, 9.17) is 0 Å². The maximum absolute atomic E-state index is 9.69. The summed E-state index contributed by atoms with van der Waals surface area (Å²) in [5, 5.41) is 9.69. The van der Waals surface area contributed by atoms with Gasteiger partial charge >= 0.3 is 0 Å². The molecule has 0 amide bonds. The molecule has 3 nitrogen and oxygen atoms in total. The lowest BCUT2D eigenvalue weighted by Crippen LogP contribution is -2.06. The van der Waals surface area contributed by atoms with Gasteiger partial charge in [-0.05, 0) is 25.1 Å². The highest BCUT2D eigenvalue weighted by Gasteiger charge is 2.08. The van der Waals surface area contributed by atoms with Crippen LogP contribution < -0.4 is 0 Å². The first-order valence-electron chi connectivity index (χ1n) is 5.27. The van der Waals surface area contributed by atoms with Gasteiger partial charge in [-0.3, -0.25) is 9.98 Å². The molecule has 0 saturated heterocycles. The average Bonchev–Trinajstić information content (AvgIpc) is 2.29. The van der Waals surface area contributed by atoms with Gasteiger partial charge in [-0.25, -0.2) is 0 Å². The van der Waals surface area contributed by atoms with E-state index in [0.717, 1.165) is 17.0 Å². The Balaban J connectivity index is 2.07. The zero-order valence-corrected chi connectivity index (χ0v) is 9.22. The second kappa shape index (κ2) is 4.75. The van der Waals surface area contributed by atoms with Gasteiger partial charge in [0.15, 0.2) is 0 Å². The van der Waals surface area contributed by atoms with Crippen LogP contribution in [0.4, 0.5) is 0 Å². The normalized spacial score (nSPS) is 18.2. The third-order valence-electron chi connectivity index (χ3n) is 2.44. The van der Waals surface area contributed by atoms with Gasteiger partial charge in [0.05, 0.1) is 18.0 Å². The lowest BCUT2D eigenvalue weighted by Gasteiger charge is -2.09. The molecule has 16 heavy (non-hydrogen) atoms. The zero-order valence-electron chi connectivity index (χ0n) is 9.22. The van der Waals surface area contributed by atoms with Crippen molar-refractivity contribution in [2.24, 2.45) is 4.99 Å². The van der Waals surface area contributed by atoms with E-state index in [-0.39, 0.29) is 5.76 Å². The number of aliphatic hydroxyl groups is 1. The molecular formula is C13H14N2O. The van der Waals surface area contributed by atoms with E-state index in [1.165, 1.54) is 0 Å². The standard InChI is InChI=1S/C13H14N2O/c1-10-5-6-12(13(16)8-10)15-9-11-4-2-3-7-14-11/h2-5,7-8,16H,6,9H2,1H3. The molecule has 2 rings (SSSR count). The summed E-state index contributed by atoms with van der Waals surface area (Å²) in [7, 11) is 0. The monoisotopic (exact) mass is 214 g/mol. The van der Waals surface area contributed by atoms with Crippen LogP contribution in [0.25, 0.3) is 0 Å². The van der Waals surface area contributed by atoms with E-state index in [0.29, 0.717) is 13.0 Å². The number of pyridine rings is 1. The number of aliphatic imine (C=N–C) groups is 1. The molecule has 82 valence electrons. The summed E-state index contributed by atoms with van der Waals surface area (Å²) in [5.74, 6) is 0.274. The highest BCUT2D eigenvalue weighted by molar-refractivity contribution is 6.00. The summed E-state index contributed by atoms with van der Waals surface area (Å²) in [6.07, 6.45) is 6.23. The molecule has 0 saturated carbocycles. The molecule has 1 aromatic heterocycles. The quantitative estimate of drug-likeness (QED) is 0.822. The number of aromatic nitrogens is 1. The predicted molar refractivity (Wildman–Crippen MR) is 64.5 cm³/mol. The molecule has 0 aliphatic heterocycles. The Kier molecular flexibility index (Phi) is 3.15. The fourth-order valence-electron chi connectivity index (χ4n) is 1.53. The summed E-state index contributed by atoms with van der Waals surface area (Å²) < 4.78 is 0. The van der Waals surface area contributed by atoms with Gasteiger partial charge in [0.25, 0.3) is 0 Å². The highest BCUT2D eigenvalue weighted by Crippen LogP contribution is 2.13. The van der Waals surface area contributed by atoms with Gasteiger partial charge < -0.3 is 5.11 Å². The van der Waals surface area contributed by atoms with E-state index in [1.54, 1.807) is 12.3 Å². The van der Waals surface area contributed by atoms with Crippen LogP contribution in [0.2, 0.25) is 0 Å². The molecule has 1 N–H and O–H groups in total. The first kappa shape index (κ1) is 10.6. The number of hydrogen-bond donors (Lipinski definition) is 1. The number of aliphatic hydroxyl groups excluding tert-OH is 1. The lowest BCUT2D eigenvalue weighted by molar-refractivity contribution is 0.440. The Morgan fingerprint density at radius 3 is 3.00 bits per heavy atom. The van der Waals surface area contributed by atoms with E-state index in [1.807, 2.05) is 25.1 Å². The largest absolute Gasteiger partial charge is 0.506 e. The lowest BCUT2D eigenvalue weighted by atomic mass is 10.1. The Bertz CT molecular complexity index is 458. The summed E-state index contributed by atoms with van der Waals surface area (Å²) >= 11 is 0. The second-order valence-electron chi connectivity index (χ2n) is 3.77. The minimum Gasteiger partial charge on any atom is -0.506 e. The van der Waals surface area contributed by atoms with Crippen LogP contribution in [-0.2, 0) is 6.54 Å². The van der Waals surface area contributed by atoms with E-state index >= 15 is 0 Å². The first-order valence-corrected chi connectivity index (χ1v) is 5.27. The number of rotatable bonds is 2. The summed E-state index contributed by atoms with van der Waals surface area (Å²) in [6, 6.07) is 5.73. The maximum Gasteiger partial charge on any atom is 0.137 e. The van der Waals surface area contributed by atoms with Crippen LogP contribution in [0.3, 0.4) is 0 Å². The molecule has 0 bridgehead atoms. The molecule has 0 radical (unpaired) electrons.